The molecule has 0 unspecified atom stereocenters. The fourth-order valence-corrected chi connectivity index (χ4v) is 2.15. The summed E-state index contributed by atoms with van der Waals surface area (Å²) in [7, 11) is 1.56. The van der Waals surface area contributed by atoms with Gasteiger partial charge < -0.3 is 10.6 Å². The van der Waals surface area contributed by atoms with Gasteiger partial charge in [0.05, 0.1) is 0 Å². The lowest BCUT2D eigenvalue weighted by Crippen LogP contribution is -2.32. The van der Waals surface area contributed by atoms with E-state index in [1.165, 1.54) is 6.08 Å². The molecule has 0 aliphatic rings. The first-order valence-corrected chi connectivity index (χ1v) is 7.66. The zero-order valence-corrected chi connectivity index (χ0v) is 13.9. The Morgan fingerprint density at radius 3 is 2.50 bits per heavy atom. The lowest BCUT2D eigenvalue weighted by molar-refractivity contribution is -0.115. The van der Waals surface area contributed by atoms with E-state index in [9.17, 15) is 9.59 Å². The van der Waals surface area contributed by atoms with Gasteiger partial charge in [-0.2, -0.15) is 0 Å². The zero-order valence-electron chi connectivity index (χ0n) is 13.1. The van der Waals surface area contributed by atoms with Crippen LogP contribution < -0.4 is 16.0 Å². The predicted octanol–water partition coefficient (Wildman–Crippen LogP) is 2.57. The van der Waals surface area contributed by atoms with Gasteiger partial charge in [0.15, 0.2) is 5.11 Å². The van der Waals surface area contributed by atoms with Crippen molar-refractivity contribution in [2.45, 2.75) is 0 Å². The van der Waals surface area contributed by atoms with Crippen LogP contribution >= 0.6 is 12.2 Å². The first-order chi connectivity index (χ1) is 11.6. The summed E-state index contributed by atoms with van der Waals surface area (Å²) in [6, 6.07) is 16.3. The van der Waals surface area contributed by atoms with Crippen LogP contribution in [0.3, 0.4) is 0 Å². The molecule has 2 amide bonds. The van der Waals surface area contributed by atoms with Gasteiger partial charge in [-0.3, -0.25) is 14.9 Å². The second-order valence-electron chi connectivity index (χ2n) is 4.85. The van der Waals surface area contributed by atoms with E-state index < -0.39 is 0 Å². The molecule has 0 radical (unpaired) electrons. The first-order valence-electron chi connectivity index (χ1n) is 7.26. The van der Waals surface area contributed by atoms with Crippen LogP contribution in [0.5, 0.6) is 0 Å². The number of rotatable bonds is 4. The Kier molecular flexibility index (Phi) is 6.22. The first kappa shape index (κ1) is 17.4. The number of hydrogen-bond donors (Lipinski definition) is 3. The van der Waals surface area contributed by atoms with Crippen LogP contribution in [0.2, 0.25) is 0 Å². The van der Waals surface area contributed by atoms with Crippen LogP contribution in [0.25, 0.3) is 6.08 Å². The van der Waals surface area contributed by atoms with Crippen LogP contribution in [0.15, 0.2) is 60.7 Å². The molecule has 6 heteroatoms. The van der Waals surface area contributed by atoms with Crippen molar-refractivity contribution >= 4 is 40.9 Å². The van der Waals surface area contributed by atoms with E-state index in [0.29, 0.717) is 11.3 Å². The molecule has 0 heterocycles. The number of benzene rings is 2. The third-order valence-electron chi connectivity index (χ3n) is 3.07. The lowest BCUT2D eigenvalue weighted by Gasteiger charge is -2.09. The highest BCUT2D eigenvalue weighted by Gasteiger charge is 2.05. The Morgan fingerprint density at radius 2 is 1.79 bits per heavy atom. The smallest absolute Gasteiger partial charge is 0.251 e. The van der Waals surface area contributed by atoms with Crippen LogP contribution in [-0.4, -0.2) is 24.0 Å². The third kappa shape index (κ3) is 5.33. The van der Waals surface area contributed by atoms with Crippen molar-refractivity contribution in [1.82, 2.24) is 10.6 Å². The molecule has 24 heavy (non-hydrogen) atoms. The number of carbonyl (C=O) groups excluding carboxylic acids is 2. The van der Waals surface area contributed by atoms with E-state index in [1.54, 1.807) is 37.4 Å². The van der Waals surface area contributed by atoms with Gasteiger partial charge in [-0.1, -0.05) is 36.4 Å². The highest BCUT2D eigenvalue weighted by molar-refractivity contribution is 7.80. The van der Waals surface area contributed by atoms with E-state index in [2.05, 4.69) is 16.0 Å². The summed E-state index contributed by atoms with van der Waals surface area (Å²) in [6.45, 7) is 0. The Labute approximate surface area is 145 Å². The Bertz CT molecular complexity index is 773. The molecule has 0 bridgehead atoms. The molecule has 2 rings (SSSR count). The summed E-state index contributed by atoms with van der Waals surface area (Å²) >= 11 is 5.10. The largest absolute Gasteiger partial charge is 0.355 e. The number of carbonyl (C=O) groups is 2. The molecule has 0 spiro atoms. The van der Waals surface area contributed by atoms with Gasteiger partial charge >= 0.3 is 0 Å². The fraction of sp³-hybridized carbons (Fsp3) is 0.0556. The summed E-state index contributed by atoms with van der Waals surface area (Å²) < 4.78 is 0. The average Bonchev–Trinajstić information content (AvgIpc) is 2.60. The second-order valence-corrected chi connectivity index (χ2v) is 5.26. The fourth-order valence-electron chi connectivity index (χ4n) is 1.93. The standard InChI is InChI=1S/C18H17N3O2S/c1-19-17(23)14-8-5-9-15(12-14)20-18(24)21-16(22)11-10-13-6-3-2-4-7-13/h2-12H,1H3,(H,19,23)(H2,20,21,22,24)/b11-10+. The van der Waals surface area contributed by atoms with Gasteiger partial charge in [0.1, 0.15) is 0 Å². The van der Waals surface area contributed by atoms with Crippen molar-refractivity contribution in [2.75, 3.05) is 12.4 Å². The SMILES string of the molecule is CNC(=O)c1cccc(NC(=S)NC(=O)/C=C/c2ccccc2)c1. The minimum Gasteiger partial charge on any atom is -0.355 e. The zero-order chi connectivity index (χ0) is 17.4. The molecule has 0 atom stereocenters. The number of amides is 2. The molecule has 122 valence electrons. The maximum Gasteiger partial charge on any atom is 0.251 e. The summed E-state index contributed by atoms with van der Waals surface area (Å²) in [5.74, 6) is -0.529. The van der Waals surface area contributed by atoms with Crippen molar-refractivity contribution in [1.29, 1.82) is 0 Å². The van der Waals surface area contributed by atoms with Crippen LogP contribution in [0.4, 0.5) is 5.69 Å². The molecule has 5 nitrogen and oxygen atoms in total. The van der Waals surface area contributed by atoms with E-state index in [0.717, 1.165) is 5.56 Å². The van der Waals surface area contributed by atoms with Gasteiger partial charge in [-0.25, -0.2) is 0 Å². The average molecular weight is 339 g/mol. The maximum atomic E-state index is 11.8. The van der Waals surface area contributed by atoms with Crippen molar-refractivity contribution < 1.29 is 9.59 Å². The normalized spacial score (nSPS) is 10.2. The lowest BCUT2D eigenvalue weighted by atomic mass is 10.2. The van der Waals surface area contributed by atoms with E-state index >= 15 is 0 Å². The molecule has 0 aliphatic heterocycles. The molecule has 0 aromatic heterocycles. The van der Waals surface area contributed by atoms with Crippen molar-refractivity contribution in [3.05, 3.63) is 71.8 Å². The van der Waals surface area contributed by atoms with Gasteiger partial charge in [0.2, 0.25) is 5.91 Å². The molecule has 0 aliphatic carbocycles. The highest BCUT2D eigenvalue weighted by Crippen LogP contribution is 2.10. The molecular weight excluding hydrogens is 322 g/mol. The molecule has 2 aromatic carbocycles. The van der Waals surface area contributed by atoms with Crippen molar-refractivity contribution in [3.63, 3.8) is 0 Å². The summed E-state index contributed by atoms with van der Waals surface area (Å²) in [6.07, 6.45) is 3.11. The number of anilines is 1. The molecule has 0 saturated heterocycles. The van der Waals surface area contributed by atoms with Gasteiger partial charge in [0.25, 0.3) is 5.91 Å². The minimum absolute atomic E-state index is 0.159. The number of thiocarbonyl (C=S) groups is 1. The second kappa shape index (κ2) is 8.59. The molecule has 0 saturated carbocycles. The highest BCUT2D eigenvalue weighted by atomic mass is 32.1. The van der Waals surface area contributed by atoms with E-state index in [1.807, 2.05) is 30.3 Å². The van der Waals surface area contributed by atoms with Crippen molar-refractivity contribution in [2.24, 2.45) is 0 Å². The Balaban J connectivity index is 1.92. The van der Waals surface area contributed by atoms with Gasteiger partial charge in [0, 0.05) is 24.4 Å². The maximum absolute atomic E-state index is 11.8. The topological polar surface area (TPSA) is 70.2 Å². The molecule has 3 N–H and O–H groups in total. The number of hydrogen-bond acceptors (Lipinski definition) is 3. The third-order valence-corrected chi connectivity index (χ3v) is 3.28. The molecule has 0 fully saturated rings. The quantitative estimate of drug-likeness (QED) is 0.591. The van der Waals surface area contributed by atoms with E-state index in [4.69, 9.17) is 12.2 Å². The van der Waals surface area contributed by atoms with Crippen LogP contribution in [-0.2, 0) is 4.79 Å². The molecule has 2 aromatic rings. The summed E-state index contributed by atoms with van der Waals surface area (Å²) in [5.41, 5.74) is 2.04. The van der Waals surface area contributed by atoms with Crippen LogP contribution in [0.1, 0.15) is 15.9 Å². The minimum atomic E-state index is -0.334. The van der Waals surface area contributed by atoms with Crippen molar-refractivity contribution in [3.8, 4) is 0 Å². The Morgan fingerprint density at radius 1 is 1.04 bits per heavy atom. The molecular formula is C18H17N3O2S. The summed E-state index contributed by atoms with van der Waals surface area (Å²) in [5, 5.41) is 8.14. The predicted molar refractivity (Wildman–Crippen MR) is 99.7 cm³/mol. The van der Waals surface area contributed by atoms with Gasteiger partial charge in [-0.15, -0.1) is 0 Å². The Hall–Kier alpha value is -2.99. The van der Waals surface area contributed by atoms with E-state index in [-0.39, 0.29) is 16.9 Å². The monoisotopic (exact) mass is 339 g/mol. The van der Waals surface area contributed by atoms with Crippen LogP contribution in [0, 0.1) is 0 Å². The number of nitrogens with one attached hydrogen (secondary N) is 3. The van der Waals surface area contributed by atoms with Gasteiger partial charge in [-0.05, 0) is 42.1 Å². The summed E-state index contributed by atoms with van der Waals surface area (Å²) in [4.78, 5) is 23.4.